The average molecular weight is 566 g/mol. The van der Waals surface area contributed by atoms with Crippen molar-refractivity contribution in [2.75, 3.05) is 6.54 Å². The smallest absolute Gasteiger partial charge is 0.408 e. The lowest BCUT2D eigenvalue weighted by atomic mass is 9.94. The molecule has 3 amide bonds. The molecule has 0 aliphatic carbocycles. The molecule has 7 nitrogen and oxygen atoms in total. The van der Waals surface area contributed by atoms with Crippen LogP contribution in [0, 0.1) is 12.8 Å². The summed E-state index contributed by atoms with van der Waals surface area (Å²) in [5.74, 6) is -0.684. The van der Waals surface area contributed by atoms with E-state index < -0.39 is 23.8 Å². The molecule has 0 radical (unpaired) electrons. The third-order valence-corrected chi connectivity index (χ3v) is 7.29. The van der Waals surface area contributed by atoms with Gasteiger partial charge in [0.05, 0.1) is 0 Å². The molecule has 2 aromatic carbocycles. The molecule has 0 aromatic heterocycles. The van der Waals surface area contributed by atoms with Crippen LogP contribution in [-0.4, -0.2) is 41.0 Å². The predicted molar refractivity (Wildman–Crippen MR) is 165 cm³/mol. The summed E-state index contributed by atoms with van der Waals surface area (Å²) in [6, 6.07) is 15.8. The molecular weight excluding hydrogens is 514 g/mol. The van der Waals surface area contributed by atoms with Crippen LogP contribution in [0.2, 0.25) is 0 Å². The molecule has 2 rings (SSSR count). The molecule has 0 spiro atoms. The number of carbonyl (C=O) groups excluding carboxylic acids is 3. The topological polar surface area (TPSA) is 87.7 Å². The van der Waals surface area contributed by atoms with Crippen molar-refractivity contribution in [2.24, 2.45) is 5.92 Å². The Balaban J connectivity index is 2.49. The van der Waals surface area contributed by atoms with Gasteiger partial charge < -0.3 is 20.3 Å². The zero-order valence-electron chi connectivity index (χ0n) is 26.2. The van der Waals surface area contributed by atoms with E-state index in [0.29, 0.717) is 19.5 Å². The van der Waals surface area contributed by atoms with Crippen LogP contribution < -0.4 is 10.6 Å². The second-order valence-electron chi connectivity index (χ2n) is 11.9. The number of nitrogens with zero attached hydrogens (tertiary/aromatic N) is 1. The van der Waals surface area contributed by atoms with Crippen molar-refractivity contribution in [3.8, 4) is 0 Å². The quantitative estimate of drug-likeness (QED) is 0.226. The van der Waals surface area contributed by atoms with Crippen LogP contribution in [0.4, 0.5) is 4.79 Å². The highest BCUT2D eigenvalue weighted by molar-refractivity contribution is 5.92. The predicted octanol–water partition coefficient (Wildman–Crippen LogP) is 7.09. The Hall–Kier alpha value is -3.35. The lowest BCUT2D eigenvalue weighted by Crippen LogP contribution is -2.55. The van der Waals surface area contributed by atoms with Crippen molar-refractivity contribution in [3.05, 3.63) is 71.3 Å². The van der Waals surface area contributed by atoms with E-state index in [4.69, 9.17) is 4.74 Å². The molecule has 2 aromatic rings. The molecule has 41 heavy (non-hydrogen) atoms. The van der Waals surface area contributed by atoms with Crippen LogP contribution in [0.25, 0.3) is 0 Å². The fraction of sp³-hybridized carbons (Fsp3) is 0.559. The Morgan fingerprint density at radius 3 is 2.15 bits per heavy atom. The molecule has 2 N–H and O–H groups in total. The summed E-state index contributed by atoms with van der Waals surface area (Å²) in [5.41, 5.74) is 1.98. The first-order chi connectivity index (χ1) is 19.5. The molecule has 0 saturated heterocycles. The number of unbranched alkanes of at least 4 members (excludes halogenated alkanes) is 4. The van der Waals surface area contributed by atoms with Gasteiger partial charge in [-0.05, 0) is 56.7 Å². The van der Waals surface area contributed by atoms with E-state index in [-0.39, 0.29) is 17.7 Å². The van der Waals surface area contributed by atoms with Gasteiger partial charge in [-0.1, -0.05) is 107 Å². The first-order valence-corrected chi connectivity index (χ1v) is 15.2. The van der Waals surface area contributed by atoms with Crippen molar-refractivity contribution in [1.82, 2.24) is 15.5 Å². The lowest BCUT2D eigenvalue weighted by molar-refractivity contribution is -0.143. The molecule has 0 fully saturated rings. The number of alkyl carbamates (subject to hydrolysis) is 1. The second-order valence-corrected chi connectivity index (χ2v) is 11.9. The summed E-state index contributed by atoms with van der Waals surface area (Å²) in [6.45, 7) is 14.2. The Kier molecular flexibility index (Phi) is 13.9. The minimum absolute atomic E-state index is 0.164. The van der Waals surface area contributed by atoms with Gasteiger partial charge in [0, 0.05) is 13.1 Å². The normalized spacial score (nSPS) is 13.5. The van der Waals surface area contributed by atoms with E-state index in [9.17, 15) is 14.4 Å². The number of hydrogen-bond donors (Lipinski definition) is 2. The molecule has 0 aliphatic heterocycles. The van der Waals surface area contributed by atoms with Gasteiger partial charge in [-0.2, -0.15) is 0 Å². The molecule has 7 heteroatoms. The Bertz CT molecular complexity index is 1100. The first kappa shape index (κ1) is 33.9. The fourth-order valence-electron chi connectivity index (χ4n) is 4.77. The van der Waals surface area contributed by atoms with Gasteiger partial charge in [-0.3, -0.25) is 9.59 Å². The highest BCUT2D eigenvalue weighted by atomic mass is 16.6. The number of nitrogens with one attached hydrogen (secondary N) is 2. The van der Waals surface area contributed by atoms with Crippen LogP contribution in [0.3, 0.4) is 0 Å². The molecule has 3 unspecified atom stereocenters. The van der Waals surface area contributed by atoms with E-state index in [0.717, 1.165) is 48.8 Å². The van der Waals surface area contributed by atoms with Crippen molar-refractivity contribution in [3.63, 3.8) is 0 Å². The van der Waals surface area contributed by atoms with Gasteiger partial charge in [0.25, 0.3) is 0 Å². The summed E-state index contributed by atoms with van der Waals surface area (Å²) in [5, 5.41) is 5.93. The van der Waals surface area contributed by atoms with Gasteiger partial charge >= 0.3 is 6.09 Å². The highest BCUT2D eigenvalue weighted by Gasteiger charge is 2.38. The van der Waals surface area contributed by atoms with Crippen molar-refractivity contribution >= 4 is 17.9 Å². The third-order valence-electron chi connectivity index (χ3n) is 7.29. The standard InChI is InChI=1S/C34H51N3O4/c1-8-10-11-12-18-23-37(32(39)29(25(3)9-2)36-33(40)41-34(5,6)7)30(28-22-17-16-19-26(28)4)31(38)35-24-27-20-14-13-15-21-27/h13-17,19-22,25,29-30H,8-12,18,23-24H2,1-7H3,(H,35,38)(H,36,40). The van der Waals surface area contributed by atoms with Crippen LogP contribution in [0.5, 0.6) is 0 Å². The second kappa shape index (κ2) is 16.8. The summed E-state index contributed by atoms with van der Waals surface area (Å²) in [7, 11) is 0. The molecule has 0 heterocycles. The number of rotatable bonds is 15. The van der Waals surface area contributed by atoms with Crippen molar-refractivity contribution < 1.29 is 19.1 Å². The maximum Gasteiger partial charge on any atom is 0.408 e. The van der Waals surface area contributed by atoms with Crippen molar-refractivity contribution in [1.29, 1.82) is 0 Å². The number of carbonyl (C=O) groups is 3. The summed E-state index contributed by atoms with van der Waals surface area (Å²) >= 11 is 0. The summed E-state index contributed by atoms with van der Waals surface area (Å²) in [4.78, 5) is 43.0. The number of benzene rings is 2. The molecule has 0 saturated carbocycles. The van der Waals surface area contributed by atoms with Gasteiger partial charge in [0.2, 0.25) is 11.8 Å². The Morgan fingerprint density at radius 1 is 0.902 bits per heavy atom. The van der Waals surface area contributed by atoms with Gasteiger partial charge in [-0.15, -0.1) is 0 Å². The number of hydrogen-bond acceptors (Lipinski definition) is 4. The number of ether oxygens (including phenoxy) is 1. The minimum Gasteiger partial charge on any atom is -0.444 e. The zero-order chi connectivity index (χ0) is 30.4. The van der Waals surface area contributed by atoms with Crippen molar-refractivity contribution in [2.45, 2.75) is 111 Å². The summed E-state index contributed by atoms with van der Waals surface area (Å²) in [6.07, 6.45) is 5.07. The maximum atomic E-state index is 14.4. The number of amides is 3. The van der Waals surface area contributed by atoms with E-state index in [1.54, 1.807) is 25.7 Å². The molecule has 3 atom stereocenters. The number of aryl methyl sites for hydroxylation is 1. The van der Waals surface area contributed by atoms with E-state index in [2.05, 4.69) is 17.6 Å². The minimum atomic E-state index is -0.842. The monoisotopic (exact) mass is 565 g/mol. The molecular formula is C34H51N3O4. The summed E-state index contributed by atoms with van der Waals surface area (Å²) < 4.78 is 5.52. The van der Waals surface area contributed by atoms with Gasteiger partial charge in [-0.25, -0.2) is 4.79 Å². The average Bonchev–Trinajstić information content (AvgIpc) is 2.93. The highest BCUT2D eigenvalue weighted by Crippen LogP contribution is 2.28. The Morgan fingerprint density at radius 2 is 1.54 bits per heavy atom. The lowest BCUT2D eigenvalue weighted by Gasteiger charge is -2.36. The first-order valence-electron chi connectivity index (χ1n) is 15.2. The maximum absolute atomic E-state index is 14.4. The SMILES string of the molecule is CCCCCCCN(C(=O)C(NC(=O)OC(C)(C)C)C(C)CC)C(C(=O)NCc1ccccc1)c1ccccc1C. The fourth-order valence-corrected chi connectivity index (χ4v) is 4.77. The van der Waals surface area contributed by atoms with Crippen LogP contribution in [0.15, 0.2) is 54.6 Å². The van der Waals surface area contributed by atoms with E-state index in [1.165, 1.54) is 0 Å². The third kappa shape index (κ3) is 11.2. The van der Waals surface area contributed by atoms with Gasteiger partial charge in [0.15, 0.2) is 0 Å². The van der Waals surface area contributed by atoms with Gasteiger partial charge in [0.1, 0.15) is 17.7 Å². The van der Waals surface area contributed by atoms with Crippen LogP contribution in [0.1, 0.15) is 103 Å². The van der Waals surface area contributed by atoms with Crippen LogP contribution >= 0.6 is 0 Å². The molecule has 0 bridgehead atoms. The molecule has 0 aliphatic rings. The van der Waals surface area contributed by atoms with E-state index >= 15 is 0 Å². The van der Waals surface area contributed by atoms with E-state index in [1.807, 2.05) is 75.4 Å². The Labute approximate surface area is 247 Å². The zero-order valence-corrected chi connectivity index (χ0v) is 26.2. The largest absolute Gasteiger partial charge is 0.444 e. The molecule has 226 valence electrons. The van der Waals surface area contributed by atoms with Crippen LogP contribution in [-0.2, 0) is 20.9 Å².